The van der Waals surface area contributed by atoms with Crippen molar-refractivity contribution in [3.63, 3.8) is 0 Å². The van der Waals surface area contributed by atoms with Gasteiger partial charge in [0.25, 0.3) is 5.91 Å². The first-order valence-corrected chi connectivity index (χ1v) is 9.41. The summed E-state index contributed by atoms with van der Waals surface area (Å²) in [5.74, 6) is 0.560. The summed E-state index contributed by atoms with van der Waals surface area (Å²) in [5.41, 5.74) is 1.45. The average molecular weight is 406 g/mol. The standard InChI is InChI=1S/C16H12BrN3OS2/c17-12-6-11(7-18-8-12)15(21)20-16-19-13(10-23-16)9-22-14-4-2-1-3-5-14/h1-8,10H,9H2,(H,19,20,21). The van der Waals surface area contributed by atoms with Crippen molar-refractivity contribution in [1.82, 2.24) is 9.97 Å². The molecule has 0 aliphatic rings. The van der Waals surface area contributed by atoms with Crippen LogP contribution in [0.3, 0.4) is 0 Å². The maximum absolute atomic E-state index is 12.1. The molecule has 4 nitrogen and oxygen atoms in total. The molecule has 0 aliphatic heterocycles. The number of benzene rings is 1. The highest BCUT2D eigenvalue weighted by molar-refractivity contribution is 9.10. The van der Waals surface area contributed by atoms with Crippen LogP contribution in [0.5, 0.6) is 0 Å². The van der Waals surface area contributed by atoms with Gasteiger partial charge >= 0.3 is 0 Å². The summed E-state index contributed by atoms with van der Waals surface area (Å²) in [7, 11) is 0. The molecule has 3 rings (SSSR count). The third-order valence-corrected chi connectivity index (χ3v) is 5.16. The lowest BCUT2D eigenvalue weighted by Crippen LogP contribution is -2.12. The summed E-state index contributed by atoms with van der Waals surface area (Å²) in [4.78, 5) is 21.8. The van der Waals surface area contributed by atoms with Crippen LogP contribution < -0.4 is 5.32 Å². The van der Waals surface area contributed by atoms with Crippen molar-refractivity contribution in [3.05, 3.63) is 69.9 Å². The Kier molecular flexibility index (Phi) is 5.43. The van der Waals surface area contributed by atoms with Crippen molar-refractivity contribution in [1.29, 1.82) is 0 Å². The first-order chi connectivity index (χ1) is 11.2. The number of amides is 1. The quantitative estimate of drug-likeness (QED) is 0.616. The zero-order valence-electron chi connectivity index (χ0n) is 11.9. The highest BCUT2D eigenvalue weighted by Crippen LogP contribution is 2.25. The van der Waals surface area contributed by atoms with Crippen LogP contribution >= 0.6 is 39.0 Å². The van der Waals surface area contributed by atoms with E-state index in [1.54, 1.807) is 24.0 Å². The van der Waals surface area contributed by atoms with Crippen molar-refractivity contribution in [2.45, 2.75) is 10.6 Å². The fourth-order valence-corrected chi connectivity index (χ4v) is 3.80. The highest BCUT2D eigenvalue weighted by Gasteiger charge is 2.10. The van der Waals surface area contributed by atoms with Gasteiger partial charge in [-0.15, -0.1) is 23.1 Å². The molecule has 1 N–H and O–H groups in total. The van der Waals surface area contributed by atoms with Crippen molar-refractivity contribution in [2.75, 3.05) is 5.32 Å². The molecule has 23 heavy (non-hydrogen) atoms. The third kappa shape index (κ3) is 4.63. The number of aromatic nitrogens is 2. The van der Waals surface area contributed by atoms with E-state index in [-0.39, 0.29) is 5.91 Å². The maximum Gasteiger partial charge on any atom is 0.259 e. The van der Waals surface area contributed by atoms with Crippen LogP contribution in [0.15, 0.2) is 63.5 Å². The predicted molar refractivity (Wildman–Crippen MR) is 98.0 cm³/mol. The Morgan fingerprint density at radius 1 is 1.26 bits per heavy atom. The number of thiazole rings is 1. The average Bonchev–Trinajstić information content (AvgIpc) is 3.01. The van der Waals surface area contributed by atoms with Crippen molar-refractivity contribution in [3.8, 4) is 0 Å². The SMILES string of the molecule is O=C(Nc1nc(CSc2ccccc2)cs1)c1cncc(Br)c1. The molecular formula is C16H12BrN3OS2. The molecule has 0 unspecified atom stereocenters. The number of nitrogens with zero attached hydrogens (tertiary/aromatic N) is 2. The van der Waals surface area contributed by atoms with Crippen molar-refractivity contribution < 1.29 is 4.79 Å². The summed E-state index contributed by atoms with van der Waals surface area (Å²) in [6, 6.07) is 11.9. The van der Waals surface area contributed by atoms with Crippen LogP contribution in [-0.2, 0) is 5.75 Å². The van der Waals surface area contributed by atoms with Crippen LogP contribution in [0.25, 0.3) is 0 Å². The van der Waals surface area contributed by atoms with E-state index in [9.17, 15) is 4.79 Å². The van der Waals surface area contributed by atoms with Crippen LogP contribution in [0.2, 0.25) is 0 Å². The lowest BCUT2D eigenvalue weighted by Gasteiger charge is -2.01. The minimum atomic E-state index is -0.213. The number of anilines is 1. The first-order valence-electron chi connectivity index (χ1n) is 6.75. The Morgan fingerprint density at radius 2 is 2.09 bits per heavy atom. The Morgan fingerprint density at radius 3 is 2.87 bits per heavy atom. The van der Waals surface area contributed by atoms with Crippen LogP contribution in [0.4, 0.5) is 5.13 Å². The monoisotopic (exact) mass is 405 g/mol. The Labute approximate surface area is 150 Å². The minimum absolute atomic E-state index is 0.213. The normalized spacial score (nSPS) is 10.5. The molecule has 7 heteroatoms. The maximum atomic E-state index is 12.1. The molecule has 0 saturated carbocycles. The van der Waals surface area contributed by atoms with Crippen LogP contribution in [0, 0.1) is 0 Å². The number of carbonyl (C=O) groups excluding carboxylic acids is 1. The highest BCUT2D eigenvalue weighted by atomic mass is 79.9. The second kappa shape index (κ2) is 7.72. The van der Waals surface area contributed by atoms with E-state index in [0.717, 1.165) is 15.9 Å². The van der Waals surface area contributed by atoms with Crippen LogP contribution in [-0.4, -0.2) is 15.9 Å². The van der Waals surface area contributed by atoms with Gasteiger partial charge in [-0.3, -0.25) is 15.1 Å². The van der Waals surface area contributed by atoms with E-state index in [0.29, 0.717) is 10.7 Å². The third-order valence-electron chi connectivity index (χ3n) is 2.87. The smallest absolute Gasteiger partial charge is 0.259 e. The Bertz CT molecular complexity index is 808. The summed E-state index contributed by atoms with van der Waals surface area (Å²) in [5, 5.41) is 5.36. The summed E-state index contributed by atoms with van der Waals surface area (Å²) in [6.07, 6.45) is 3.17. The van der Waals surface area contributed by atoms with E-state index in [1.165, 1.54) is 22.4 Å². The van der Waals surface area contributed by atoms with Crippen molar-refractivity contribution in [2.24, 2.45) is 0 Å². The van der Waals surface area contributed by atoms with Gasteiger partial charge in [-0.05, 0) is 34.1 Å². The molecule has 0 aliphatic carbocycles. The number of nitrogens with one attached hydrogen (secondary N) is 1. The van der Waals surface area contributed by atoms with Crippen LogP contribution in [0.1, 0.15) is 16.1 Å². The summed E-state index contributed by atoms with van der Waals surface area (Å²) < 4.78 is 0.768. The van der Waals surface area contributed by atoms with E-state index < -0.39 is 0 Å². The minimum Gasteiger partial charge on any atom is -0.298 e. The molecular weight excluding hydrogens is 394 g/mol. The Hall–Kier alpha value is -1.70. The predicted octanol–water partition coefficient (Wildman–Crippen LogP) is 4.85. The molecule has 2 heterocycles. The largest absolute Gasteiger partial charge is 0.298 e. The first kappa shape index (κ1) is 16.2. The lowest BCUT2D eigenvalue weighted by molar-refractivity contribution is 0.102. The van der Waals surface area contributed by atoms with Gasteiger partial charge in [-0.1, -0.05) is 18.2 Å². The van der Waals surface area contributed by atoms with Gasteiger partial charge in [0.1, 0.15) is 0 Å². The number of hydrogen-bond acceptors (Lipinski definition) is 5. The molecule has 0 bridgehead atoms. The molecule has 1 aromatic carbocycles. The van der Waals surface area contributed by atoms with Crippen molar-refractivity contribution >= 4 is 50.1 Å². The lowest BCUT2D eigenvalue weighted by atomic mass is 10.3. The van der Waals surface area contributed by atoms with Gasteiger partial charge in [0.2, 0.25) is 0 Å². The number of rotatable bonds is 5. The number of halogens is 1. The van der Waals surface area contributed by atoms with Gasteiger partial charge in [-0.2, -0.15) is 0 Å². The fraction of sp³-hybridized carbons (Fsp3) is 0.0625. The van der Waals surface area contributed by atoms with Gasteiger partial charge in [0.05, 0.1) is 11.3 Å². The molecule has 116 valence electrons. The zero-order valence-corrected chi connectivity index (χ0v) is 15.1. The molecule has 1 amide bonds. The molecule has 0 fully saturated rings. The van der Waals surface area contributed by atoms with Gasteiger partial charge in [0.15, 0.2) is 5.13 Å². The molecule has 3 aromatic rings. The summed E-state index contributed by atoms with van der Waals surface area (Å²) >= 11 is 6.45. The number of thioether (sulfide) groups is 1. The van der Waals surface area contributed by atoms with E-state index >= 15 is 0 Å². The molecule has 0 radical (unpaired) electrons. The number of pyridine rings is 1. The number of carbonyl (C=O) groups is 1. The molecule has 0 saturated heterocycles. The Balaban J connectivity index is 1.60. The van der Waals surface area contributed by atoms with Gasteiger partial charge < -0.3 is 0 Å². The summed E-state index contributed by atoms with van der Waals surface area (Å²) in [6.45, 7) is 0. The van der Waals surface area contributed by atoms with Gasteiger partial charge in [-0.25, -0.2) is 4.98 Å². The zero-order chi connectivity index (χ0) is 16.1. The second-order valence-electron chi connectivity index (χ2n) is 4.59. The second-order valence-corrected chi connectivity index (χ2v) is 7.41. The molecule has 0 atom stereocenters. The number of hydrogen-bond donors (Lipinski definition) is 1. The topological polar surface area (TPSA) is 54.9 Å². The molecule has 0 spiro atoms. The van der Waals surface area contributed by atoms with Gasteiger partial charge in [0, 0.05) is 32.9 Å². The van der Waals surface area contributed by atoms with E-state index in [1.807, 2.05) is 23.6 Å². The van der Waals surface area contributed by atoms with E-state index in [4.69, 9.17) is 0 Å². The fourth-order valence-electron chi connectivity index (χ4n) is 1.81. The van der Waals surface area contributed by atoms with E-state index in [2.05, 4.69) is 43.3 Å². The molecule has 2 aromatic heterocycles.